The van der Waals surface area contributed by atoms with Crippen LogP contribution in [0.5, 0.6) is 11.5 Å². The van der Waals surface area contributed by atoms with Gasteiger partial charge < -0.3 is 9.47 Å². The highest BCUT2D eigenvalue weighted by Crippen LogP contribution is 2.63. The number of ether oxygens (including phenoxy) is 2. The Morgan fingerprint density at radius 2 is 0.734 bits per heavy atom. The third-order valence-corrected chi connectivity index (χ3v) is 16.0. The van der Waals surface area contributed by atoms with Gasteiger partial charge in [-0.15, -0.1) is 0 Å². The highest BCUT2D eigenvalue weighted by atomic mass is 16.5. The molecule has 8 saturated carbocycles. The molecule has 6 heteroatoms. The Hall–Kier alpha value is -5.80. The molecule has 0 N–H and O–H groups in total. The zero-order valence-corrected chi connectivity index (χ0v) is 36.9. The highest BCUT2D eigenvalue weighted by molar-refractivity contribution is 5.89. The van der Waals surface area contributed by atoms with E-state index in [2.05, 4.69) is 122 Å². The topological polar surface area (TPSA) is 86.7 Å². The van der Waals surface area contributed by atoms with E-state index in [4.69, 9.17) is 28.7 Å². The second-order valence-electron chi connectivity index (χ2n) is 20.0. The van der Waals surface area contributed by atoms with Gasteiger partial charge in [0, 0.05) is 11.1 Å². The monoisotopic (exact) mass is 854 g/mol. The van der Waals surface area contributed by atoms with E-state index < -0.39 is 0 Å². The quantitative estimate of drug-likeness (QED) is 0.166. The van der Waals surface area contributed by atoms with Gasteiger partial charge in [-0.3, -0.25) is 0 Å². The zero-order chi connectivity index (χ0) is 43.7. The van der Waals surface area contributed by atoms with Gasteiger partial charge in [-0.05, 0) is 211 Å². The van der Waals surface area contributed by atoms with Crippen LogP contribution in [0.2, 0.25) is 0 Å². The Kier molecular flexibility index (Phi) is 13.1. The molecule has 0 spiro atoms. The van der Waals surface area contributed by atoms with Crippen molar-refractivity contribution in [3.63, 3.8) is 0 Å². The van der Waals surface area contributed by atoms with E-state index in [1.165, 1.54) is 138 Å². The molecule has 6 nitrogen and oxygen atoms in total. The Morgan fingerprint density at radius 3 is 1.14 bits per heavy atom. The van der Waals surface area contributed by atoms with Gasteiger partial charge in [-0.2, -0.15) is 19.2 Å². The summed E-state index contributed by atoms with van der Waals surface area (Å²) in [7, 11) is 3.69. The fourth-order valence-corrected chi connectivity index (χ4v) is 14.4. The van der Waals surface area contributed by atoms with E-state index in [0.29, 0.717) is 10.8 Å². The van der Waals surface area contributed by atoms with E-state index in [-0.39, 0.29) is 19.7 Å². The van der Waals surface area contributed by atoms with Crippen LogP contribution in [-0.4, -0.2) is 26.5 Å². The number of methoxy groups -OCH3 is 2. The van der Waals surface area contributed by atoms with Crippen molar-refractivity contribution in [2.24, 2.45) is 35.5 Å². The van der Waals surface area contributed by atoms with Crippen LogP contribution < -0.4 is 9.47 Å². The summed E-state index contributed by atoms with van der Waals surface area (Å²) in [5.41, 5.74) is 10.3. The second kappa shape index (κ2) is 18.7. The summed E-state index contributed by atoms with van der Waals surface area (Å²) < 4.78 is 11.8. The lowest BCUT2D eigenvalue weighted by molar-refractivity contribution is -0.193. The smallest absolute Gasteiger partial charge is 0.373 e. The minimum absolute atomic E-state index is 0. The van der Waals surface area contributed by atoms with Crippen molar-refractivity contribution in [1.82, 2.24) is 0 Å². The van der Waals surface area contributed by atoms with Gasteiger partial charge in [0.05, 0.1) is 14.2 Å². The molecule has 64 heavy (non-hydrogen) atoms. The van der Waals surface area contributed by atoms with Gasteiger partial charge >= 0.3 is 12.3 Å². The van der Waals surface area contributed by atoms with Gasteiger partial charge in [0.2, 0.25) is 0 Å². The number of rotatable bonds is 6. The molecule has 0 aliphatic heterocycles. The third-order valence-electron chi connectivity index (χ3n) is 16.0. The summed E-state index contributed by atoms with van der Waals surface area (Å²) in [4.78, 5) is 32.5. The summed E-state index contributed by atoms with van der Waals surface area (Å²) in [5.74, 6) is 7.87. The zero-order valence-electron chi connectivity index (χ0n) is 36.9. The first-order valence-electron chi connectivity index (χ1n) is 23.0. The summed E-state index contributed by atoms with van der Waals surface area (Å²) in [6.07, 6.45) is 17.6. The van der Waals surface area contributed by atoms with Crippen LogP contribution in [-0.2, 0) is 30.0 Å². The number of hydrogen-bond donors (Lipinski definition) is 0. The maximum Gasteiger partial charge on any atom is 0.373 e. The van der Waals surface area contributed by atoms with E-state index in [9.17, 15) is 0 Å². The SMILES string of the molecule is C.COc1ccc(-c2ccc3cc(C)ccc3c2)cc1C12CC3CC(CC(C3)C1)C2.COc1ccc(-c2ccc3ccccc3c2)cc1C12CC3CC(CC(C3)C1)C2.O=C=O.O=C=O. The molecule has 0 atom stereocenters. The van der Waals surface area contributed by atoms with Gasteiger partial charge in [0.25, 0.3) is 0 Å². The maximum absolute atomic E-state index is 8.12. The van der Waals surface area contributed by atoms with Crippen LogP contribution in [0, 0.1) is 42.4 Å². The van der Waals surface area contributed by atoms with Crippen LogP contribution in [0.25, 0.3) is 43.8 Å². The van der Waals surface area contributed by atoms with E-state index >= 15 is 0 Å². The fourth-order valence-electron chi connectivity index (χ4n) is 14.4. The largest absolute Gasteiger partial charge is 0.496 e. The molecule has 330 valence electrons. The van der Waals surface area contributed by atoms with Crippen molar-refractivity contribution in [2.45, 2.75) is 102 Å². The molecule has 0 heterocycles. The van der Waals surface area contributed by atoms with Crippen molar-refractivity contribution in [1.29, 1.82) is 0 Å². The molecule has 8 bridgehead atoms. The summed E-state index contributed by atoms with van der Waals surface area (Å²) in [5, 5.41) is 5.26. The lowest BCUT2D eigenvalue weighted by Gasteiger charge is -2.57. The minimum Gasteiger partial charge on any atom is -0.496 e. The number of aryl methyl sites for hydroxylation is 1. The molecule has 8 aliphatic rings. The van der Waals surface area contributed by atoms with E-state index in [1.54, 1.807) is 0 Å². The number of carbonyl (C=O) groups excluding carboxylic acids is 4. The average Bonchev–Trinajstić information content (AvgIpc) is 3.28. The van der Waals surface area contributed by atoms with Crippen molar-refractivity contribution in [3.8, 4) is 33.8 Å². The first-order chi connectivity index (χ1) is 30.7. The predicted octanol–water partition coefficient (Wildman–Crippen LogP) is 13.7. The standard InChI is InChI=1S/C28H30O.C27H28O.2CO2.CH4/c1-18-3-4-23-13-24(6-5-22(23)9-18)25-7-8-27(29-2)26(14-25)28-15-19-10-20(16-28)12-21(11-19)17-28;1-28-26-9-8-24(23-7-6-21-4-2-3-5-22(21)13-23)14-25(26)27-15-18-10-19(16-27)12-20(11-18)17-27;2*2-1-3;/h3-9,13-14,19-21H,10-12,15-17H2,1-2H3;2-9,13-14,18-20H,10-12,15-17H2,1H3;;;1H4. The molecule has 0 aromatic heterocycles. The number of fused-ring (bicyclic) bond motifs is 2. The maximum atomic E-state index is 8.12. The van der Waals surface area contributed by atoms with Crippen LogP contribution in [0.3, 0.4) is 0 Å². The molecule has 0 unspecified atom stereocenters. The summed E-state index contributed by atoms with van der Waals surface area (Å²) >= 11 is 0. The molecule has 6 aromatic carbocycles. The average molecular weight is 855 g/mol. The third kappa shape index (κ3) is 8.71. The predicted molar refractivity (Wildman–Crippen MR) is 253 cm³/mol. The molecule has 8 fully saturated rings. The summed E-state index contributed by atoms with van der Waals surface area (Å²) in [6.45, 7) is 2.16. The normalized spacial score (nSPS) is 27.3. The van der Waals surface area contributed by atoms with Gasteiger partial charge in [-0.1, -0.05) is 91.9 Å². The molecule has 0 saturated heterocycles. The molecule has 0 amide bonds. The number of hydrogen-bond acceptors (Lipinski definition) is 6. The summed E-state index contributed by atoms with van der Waals surface area (Å²) in [6, 6.07) is 43.0. The van der Waals surface area contributed by atoms with Crippen LogP contribution in [0.15, 0.2) is 115 Å². The van der Waals surface area contributed by atoms with Crippen molar-refractivity contribution >= 4 is 33.8 Å². The van der Waals surface area contributed by atoms with Crippen molar-refractivity contribution < 1.29 is 28.7 Å². The van der Waals surface area contributed by atoms with E-state index in [1.807, 2.05) is 14.2 Å². The molecule has 8 aliphatic carbocycles. The lowest BCUT2D eigenvalue weighted by atomic mass is 9.48. The minimum atomic E-state index is 0. The van der Waals surface area contributed by atoms with Gasteiger partial charge in [0.1, 0.15) is 11.5 Å². The molecular weight excluding hydrogens is 793 g/mol. The second-order valence-corrected chi connectivity index (χ2v) is 20.0. The molecule has 0 radical (unpaired) electrons. The van der Waals surface area contributed by atoms with Gasteiger partial charge in [-0.25, -0.2) is 0 Å². The molecular formula is C58H62O6. The Balaban J connectivity index is 0.000000154. The molecule has 14 rings (SSSR count). The van der Waals surface area contributed by atoms with Crippen LogP contribution in [0.1, 0.15) is 101 Å². The highest BCUT2D eigenvalue weighted by Gasteiger charge is 2.54. The lowest BCUT2D eigenvalue weighted by Crippen LogP contribution is -2.48. The van der Waals surface area contributed by atoms with Gasteiger partial charge in [0.15, 0.2) is 0 Å². The first-order valence-corrected chi connectivity index (χ1v) is 23.0. The van der Waals surface area contributed by atoms with Crippen LogP contribution >= 0.6 is 0 Å². The Bertz CT molecular complexity index is 2620. The Labute approximate surface area is 378 Å². The fraction of sp³-hybridized carbons (Fsp3) is 0.414. The number of benzene rings is 6. The Morgan fingerprint density at radius 1 is 0.422 bits per heavy atom. The van der Waals surface area contributed by atoms with Crippen LogP contribution in [0.4, 0.5) is 0 Å². The van der Waals surface area contributed by atoms with Crippen molar-refractivity contribution in [3.05, 3.63) is 132 Å². The molecule has 6 aromatic rings. The first kappa shape index (κ1) is 44.8. The van der Waals surface area contributed by atoms with E-state index in [0.717, 1.165) is 47.0 Å². The van der Waals surface area contributed by atoms with Crippen molar-refractivity contribution in [2.75, 3.05) is 14.2 Å².